The third-order valence-corrected chi connectivity index (χ3v) is 3.19. The van der Waals surface area contributed by atoms with Gasteiger partial charge in [-0.25, -0.2) is 0 Å². The third kappa shape index (κ3) is 10.2. The van der Waals surface area contributed by atoms with Gasteiger partial charge in [0.1, 0.15) is 11.4 Å². The Bertz CT molecular complexity index is 684. The number of ether oxygens (including phenoxy) is 2. The number of rotatable bonds is 8. The van der Waals surface area contributed by atoms with E-state index in [0.29, 0.717) is 5.76 Å². The second-order valence-corrected chi connectivity index (χ2v) is 8.06. The first-order chi connectivity index (χ1) is 12.3. The van der Waals surface area contributed by atoms with E-state index in [0.717, 1.165) is 16.9 Å². The summed E-state index contributed by atoms with van der Waals surface area (Å²) in [5.74, 6) is 0.853. The van der Waals surface area contributed by atoms with Gasteiger partial charge in [0.2, 0.25) is 0 Å². The number of esters is 1. The molecule has 0 saturated heterocycles. The minimum absolute atomic E-state index is 0.252. The van der Waals surface area contributed by atoms with Crippen LogP contribution in [0.5, 0.6) is 0 Å². The average molecular weight is 371 g/mol. The van der Waals surface area contributed by atoms with Crippen LogP contribution in [0.4, 0.5) is 0 Å². The second-order valence-electron chi connectivity index (χ2n) is 8.06. The summed E-state index contributed by atoms with van der Waals surface area (Å²) in [6.07, 6.45) is 12.2. The Balaban J connectivity index is 5.61. The first kappa shape index (κ1) is 24.5. The molecule has 0 N–H and O–H groups in total. The van der Waals surface area contributed by atoms with Crippen molar-refractivity contribution in [2.24, 2.45) is 5.41 Å². The summed E-state index contributed by atoms with van der Waals surface area (Å²) in [7, 11) is 0. The number of allylic oxidation sites excluding steroid dienone is 10. The molecule has 27 heavy (non-hydrogen) atoms. The smallest absolute Gasteiger partial charge is 0.316 e. The number of carbonyl (C=O) groups excluding carboxylic acids is 1. The highest BCUT2D eigenvalue weighted by Crippen LogP contribution is 2.19. The fourth-order valence-corrected chi connectivity index (χ4v) is 1.86. The molecule has 0 fully saturated rings. The van der Waals surface area contributed by atoms with E-state index in [4.69, 9.17) is 9.47 Å². The lowest BCUT2D eigenvalue weighted by atomic mass is 9.97. The molecular formula is C24H34O3. The lowest BCUT2D eigenvalue weighted by Crippen LogP contribution is -2.22. The van der Waals surface area contributed by atoms with Crippen LogP contribution in [-0.2, 0) is 14.3 Å². The summed E-state index contributed by atoms with van der Waals surface area (Å²) in [6.45, 7) is 24.7. The van der Waals surface area contributed by atoms with Crippen LogP contribution in [0.25, 0.3) is 0 Å². The van der Waals surface area contributed by atoms with Crippen molar-refractivity contribution in [1.82, 2.24) is 0 Å². The molecule has 0 aliphatic carbocycles. The van der Waals surface area contributed by atoms with Gasteiger partial charge >= 0.3 is 5.97 Å². The molecule has 0 aliphatic heterocycles. The second kappa shape index (κ2) is 10.6. The molecule has 0 saturated carbocycles. The van der Waals surface area contributed by atoms with Crippen molar-refractivity contribution in [1.29, 1.82) is 0 Å². The molecule has 0 aromatic heterocycles. The molecule has 148 valence electrons. The average Bonchev–Trinajstić information content (AvgIpc) is 2.53. The number of carbonyl (C=O) groups is 1. The van der Waals surface area contributed by atoms with E-state index < -0.39 is 5.41 Å². The maximum absolute atomic E-state index is 12.0. The molecule has 0 bridgehead atoms. The van der Waals surface area contributed by atoms with E-state index in [1.165, 1.54) is 6.08 Å². The zero-order chi connectivity index (χ0) is 21.3. The standard InChI is InChI=1S/C24H34O3/c1-11-19(15-14-18(4)27-24(8,9)10)20(12-2)16-17-21(13-3)26-22(25)23(5,6)7/h11-17H,1-3H2,4-10H3/b18-14+,19-15+,20-16+,21-17+. The van der Waals surface area contributed by atoms with E-state index in [-0.39, 0.29) is 11.6 Å². The highest BCUT2D eigenvalue weighted by molar-refractivity contribution is 5.76. The van der Waals surface area contributed by atoms with Gasteiger partial charge in [0, 0.05) is 0 Å². The van der Waals surface area contributed by atoms with Gasteiger partial charge in [-0.1, -0.05) is 44.0 Å². The maximum Gasteiger partial charge on any atom is 0.316 e. The van der Waals surface area contributed by atoms with Crippen LogP contribution in [-0.4, -0.2) is 11.6 Å². The molecule has 0 aliphatic rings. The zero-order valence-corrected chi connectivity index (χ0v) is 17.9. The minimum Gasteiger partial charge on any atom is -0.493 e. The fraction of sp³-hybridized carbons (Fsp3) is 0.375. The summed E-state index contributed by atoms with van der Waals surface area (Å²) in [6, 6.07) is 0. The van der Waals surface area contributed by atoms with Crippen molar-refractivity contribution in [3.8, 4) is 0 Å². The van der Waals surface area contributed by atoms with Crippen molar-refractivity contribution in [2.45, 2.75) is 54.1 Å². The topological polar surface area (TPSA) is 35.5 Å². The highest BCUT2D eigenvalue weighted by Gasteiger charge is 2.23. The van der Waals surface area contributed by atoms with Gasteiger partial charge in [0.25, 0.3) is 0 Å². The molecule has 0 spiro atoms. The molecule has 0 aromatic rings. The molecule has 0 amide bonds. The Morgan fingerprint density at radius 1 is 0.778 bits per heavy atom. The van der Waals surface area contributed by atoms with Crippen molar-refractivity contribution in [3.05, 3.63) is 84.9 Å². The molecule has 0 rings (SSSR count). The van der Waals surface area contributed by atoms with Crippen LogP contribution >= 0.6 is 0 Å². The summed E-state index contributed by atoms with van der Waals surface area (Å²) >= 11 is 0. The minimum atomic E-state index is -0.589. The fourth-order valence-electron chi connectivity index (χ4n) is 1.86. The summed E-state index contributed by atoms with van der Waals surface area (Å²) in [4.78, 5) is 12.0. The maximum atomic E-state index is 12.0. The van der Waals surface area contributed by atoms with Crippen molar-refractivity contribution in [2.75, 3.05) is 0 Å². The predicted molar refractivity (Wildman–Crippen MR) is 115 cm³/mol. The van der Waals surface area contributed by atoms with Gasteiger partial charge in [-0.15, -0.1) is 0 Å². The summed E-state index contributed by atoms with van der Waals surface area (Å²) in [5.41, 5.74) is 0.854. The molecule has 0 unspecified atom stereocenters. The quantitative estimate of drug-likeness (QED) is 0.275. The molecule has 0 radical (unpaired) electrons. The highest BCUT2D eigenvalue weighted by atomic mass is 16.5. The van der Waals surface area contributed by atoms with E-state index in [1.807, 2.05) is 39.8 Å². The van der Waals surface area contributed by atoms with E-state index >= 15 is 0 Å². The van der Waals surface area contributed by atoms with Gasteiger partial charge in [0.15, 0.2) is 0 Å². The van der Waals surface area contributed by atoms with E-state index in [1.54, 1.807) is 45.1 Å². The zero-order valence-electron chi connectivity index (χ0n) is 17.9. The van der Waals surface area contributed by atoms with Crippen LogP contribution in [0.3, 0.4) is 0 Å². The Morgan fingerprint density at radius 3 is 1.63 bits per heavy atom. The molecule has 3 heteroatoms. The van der Waals surface area contributed by atoms with Crippen LogP contribution in [0, 0.1) is 5.41 Å². The number of hydrogen-bond donors (Lipinski definition) is 0. The van der Waals surface area contributed by atoms with Gasteiger partial charge in [-0.2, -0.15) is 0 Å². The van der Waals surface area contributed by atoms with Crippen molar-refractivity contribution < 1.29 is 14.3 Å². The van der Waals surface area contributed by atoms with Crippen LogP contribution in [0.2, 0.25) is 0 Å². The first-order valence-electron chi connectivity index (χ1n) is 8.93. The molecule has 0 atom stereocenters. The SMILES string of the molecule is C=C\C(=C/C=C(C=C)/C(C=C)=C/C=C(\C)OC(C)(C)C)OC(=O)C(C)(C)C. The monoisotopic (exact) mass is 370 g/mol. The molecule has 0 aromatic carbocycles. The van der Waals surface area contributed by atoms with Gasteiger partial charge < -0.3 is 9.47 Å². The normalized spacial score (nSPS) is 14.5. The predicted octanol–water partition coefficient (Wildman–Crippen LogP) is 6.59. The van der Waals surface area contributed by atoms with Crippen molar-refractivity contribution >= 4 is 5.97 Å². The largest absolute Gasteiger partial charge is 0.493 e. The van der Waals surface area contributed by atoms with Gasteiger partial charge in [-0.3, -0.25) is 4.79 Å². The molecule has 0 heterocycles. The lowest BCUT2D eigenvalue weighted by molar-refractivity contribution is -0.147. The van der Waals surface area contributed by atoms with Crippen LogP contribution in [0.1, 0.15) is 48.5 Å². The summed E-state index contributed by atoms with van der Waals surface area (Å²) in [5, 5.41) is 0. The van der Waals surface area contributed by atoms with Gasteiger partial charge in [0.05, 0.1) is 11.2 Å². The molecule has 3 nitrogen and oxygen atoms in total. The Kier molecular flexibility index (Phi) is 9.57. The third-order valence-electron chi connectivity index (χ3n) is 3.19. The first-order valence-corrected chi connectivity index (χ1v) is 8.93. The van der Waals surface area contributed by atoms with Gasteiger partial charge in [-0.05, 0) is 77.8 Å². The Morgan fingerprint density at radius 2 is 1.26 bits per heavy atom. The van der Waals surface area contributed by atoms with Crippen LogP contribution < -0.4 is 0 Å². The number of hydrogen-bond acceptors (Lipinski definition) is 3. The summed E-state index contributed by atoms with van der Waals surface area (Å²) < 4.78 is 11.2. The Hall–Kier alpha value is -2.55. The van der Waals surface area contributed by atoms with E-state index in [9.17, 15) is 4.79 Å². The van der Waals surface area contributed by atoms with E-state index in [2.05, 4.69) is 19.7 Å². The van der Waals surface area contributed by atoms with Crippen LogP contribution in [0.15, 0.2) is 84.9 Å². The Labute approximate surface area is 165 Å². The molecular weight excluding hydrogens is 336 g/mol. The lowest BCUT2D eigenvalue weighted by Gasteiger charge is -2.21. The van der Waals surface area contributed by atoms with Crippen molar-refractivity contribution in [3.63, 3.8) is 0 Å².